The second kappa shape index (κ2) is 5.50. The average molecular weight is 266 g/mol. The predicted molar refractivity (Wildman–Crippen MR) is 68.6 cm³/mol. The lowest BCUT2D eigenvalue weighted by Gasteiger charge is -2.07. The van der Waals surface area contributed by atoms with Gasteiger partial charge < -0.3 is 15.6 Å². The Balaban J connectivity index is 2.08. The molecule has 2 heterocycles. The first-order valence-electron chi connectivity index (χ1n) is 5.29. The third kappa shape index (κ3) is 2.78. The number of nitrogens with zero attached hydrogens (tertiary/aromatic N) is 2. The van der Waals surface area contributed by atoms with E-state index in [9.17, 15) is 4.79 Å². The molecule has 7 heteroatoms. The van der Waals surface area contributed by atoms with Gasteiger partial charge in [-0.25, -0.2) is 9.97 Å². The van der Waals surface area contributed by atoms with Gasteiger partial charge in [-0.1, -0.05) is 11.6 Å². The fourth-order valence-electron chi connectivity index (χ4n) is 1.40. The van der Waals surface area contributed by atoms with Gasteiger partial charge in [0.15, 0.2) is 0 Å². The van der Waals surface area contributed by atoms with Crippen LogP contribution in [0.4, 0.5) is 5.82 Å². The van der Waals surface area contributed by atoms with Gasteiger partial charge >= 0.3 is 0 Å². The quantitative estimate of drug-likeness (QED) is 0.781. The molecule has 1 amide bonds. The second-order valence-electron chi connectivity index (χ2n) is 3.56. The molecule has 0 fully saturated rings. The molecule has 0 radical (unpaired) electrons. The van der Waals surface area contributed by atoms with Gasteiger partial charge in [0.25, 0.3) is 5.91 Å². The molecule has 3 N–H and O–H groups in total. The maximum absolute atomic E-state index is 11.9. The van der Waals surface area contributed by atoms with Gasteiger partial charge in [-0.05, 0) is 6.07 Å². The van der Waals surface area contributed by atoms with E-state index >= 15 is 0 Å². The van der Waals surface area contributed by atoms with Crippen molar-refractivity contribution in [2.45, 2.75) is 6.54 Å². The Hall–Kier alpha value is -2.08. The number of carbonyl (C=O) groups is 1. The van der Waals surface area contributed by atoms with Gasteiger partial charge in [0, 0.05) is 19.4 Å². The van der Waals surface area contributed by atoms with Gasteiger partial charge in [-0.3, -0.25) is 4.79 Å². The standard InChI is InChI=1S/C11H12ClN5O/c1-13-10-2-8(9(12)5-15-10)11(18)16-4-7-3-14-6-17-7/h2-3,5-6H,4H2,1H3,(H,13,15)(H,14,17)(H,16,18). The van der Waals surface area contributed by atoms with Gasteiger partial charge in [-0.2, -0.15) is 0 Å². The molecule has 0 unspecified atom stereocenters. The van der Waals surface area contributed by atoms with E-state index in [2.05, 4.69) is 25.6 Å². The molecule has 2 rings (SSSR count). The van der Waals surface area contributed by atoms with Gasteiger partial charge in [0.2, 0.25) is 0 Å². The summed E-state index contributed by atoms with van der Waals surface area (Å²) in [5.41, 5.74) is 1.21. The number of hydrogen-bond donors (Lipinski definition) is 3. The van der Waals surface area contributed by atoms with E-state index in [1.165, 1.54) is 6.20 Å². The minimum absolute atomic E-state index is 0.256. The number of hydrogen-bond acceptors (Lipinski definition) is 4. The van der Waals surface area contributed by atoms with Crippen LogP contribution in [0.25, 0.3) is 0 Å². The minimum Gasteiger partial charge on any atom is -0.373 e. The lowest BCUT2D eigenvalue weighted by molar-refractivity contribution is 0.0950. The normalized spacial score (nSPS) is 10.1. The molecule has 0 spiro atoms. The first kappa shape index (κ1) is 12.4. The van der Waals surface area contributed by atoms with Crippen LogP contribution >= 0.6 is 11.6 Å². The average Bonchev–Trinajstić information content (AvgIpc) is 2.89. The monoisotopic (exact) mass is 265 g/mol. The third-order valence-electron chi connectivity index (χ3n) is 2.35. The van der Waals surface area contributed by atoms with Crippen molar-refractivity contribution in [1.29, 1.82) is 0 Å². The van der Waals surface area contributed by atoms with E-state index in [-0.39, 0.29) is 5.91 Å². The van der Waals surface area contributed by atoms with Crippen LogP contribution < -0.4 is 10.6 Å². The summed E-state index contributed by atoms with van der Waals surface area (Å²) < 4.78 is 0. The summed E-state index contributed by atoms with van der Waals surface area (Å²) >= 11 is 5.94. The first-order valence-corrected chi connectivity index (χ1v) is 5.67. The SMILES string of the molecule is CNc1cc(C(=O)NCc2cnc[nH]2)c(Cl)cn1. The smallest absolute Gasteiger partial charge is 0.253 e. The molecular formula is C11H12ClN5O. The Labute approximate surface area is 109 Å². The van der Waals surface area contributed by atoms with E-state index < -0.39 is 0 Å². The van der Waals surface area contributed by atoms with E-state index in [0.29, 0.717) is 22.9 Å². The Bertz CT molecular complexity index is 540. The van der Waals surface area contributed by atoms with E-state index in [1.54, 1.807) is 25.6 Å². The van der Waals surface area contributed by atoms with Crippen LogP contribution in [0.5, 0.6) is 0 Å². The maximum atomic E-state index is 11.9. The fraction of sp³-hybridized carbons (Fsp3) is 0.182. The third-order valence-corrected chi connectivity index (χ3v) is 2.65. The number of pyridine rings is 1. The van der Waals surface area contributed by atoms with Crippen LogP contribution in [0, 0.1) is 0 Å². The summed E-state index contributed by atoms with van der Waals surface area (Å²) in [6.07, 6.45) is 4.64. The van der Waals surface area contributed by atoms with Crippen molar-refractivity contribution in [2.24, 2.45) is 0 Å². The number of imidazole rings is 1. The minimum atomic E-state index is -0.256. The molecule has 6 nitrogen and oxygen atoms in total. The van der Waals surface area contributed by atoms with E-state index in [0.717, 1.165) is 5.69 Å². The summed E-state index contributed by atoms with van der Waals surface area (Å²) in [4.78, 5) is 22.7. The summed E-state index contributed by atoms with van der Waals surface area (Å²) in [5, 5.41) is 5.91. The van der Waals surface area contributed by atoms with Crippen molar-refractivity contribution in [3.63, 3.8) is 0 Å². The van der Waals surface area contributed by atoms with Crippen molar-refractivity contribution < 1.29 is 4.79 Å². The first-order chi connectivity index (χ1) is 8.70. The van der Waals surface area contributed by atoms with Crippen molar-refractivity contribution in [1.82, 2.24) is 20.3 Å². The number of H-pyrrole nitrogens is 1. The molecule has 0 aromatic carbocycles. The van der Waals surface area contributed by atoms with Crippen molar-refractivity contribution >= 4 is 23.3 Å². The molecule has 0 saturated carbocycles. The van der Waals surface area contributed by atoms with Gasteiger partial charge in [-0.15, -0.1) is 0 Å². The lowest BCUT2D eigenvalue weighted by atomic mass is 10.2. The number of aromatic amines is 1. The molecule has 0 saturated heterocycles. The zero-order valence-electron chi connectivity index (χ0n) is 9.70. The highest BCUT2D eigenvalue weighted by Gasteiger charge is 2.11. The van der Waals surface area contributed by atoms with Crippen LogP contribution in [-0.2, 0) is 6.54 Å². The molecular weight excluding hydrogens is 254 g/mol. The molecule has 0 atom stereocenters. The molecule has 0 aliphatic rings. The fourth-order valence-corrected chi connectivity index (χ4v) is 1.59. The molecule has 0 aliphatic heterocycles. The van der Waals surface area contributed by atoms with Crippen LogP contribution in [0.1, 0.15) is 16.1 Å². The van der Waals surface area contributed by atoms with Crippen molar-refractivity contribution in [2.75, 3.05) is 12.4 Å². The molecule has 94 valence electrons. The van der Waals surface area contributed by atoms with Crippen molar-refractivity contribution in [3.8, 4) is 0 Å². The Kier molecular flexibility index (Phi) is 3.78. The molecule has 18 heavy (non-hydrogen) atoms. The molecule has 2 aromatic rings. The largest absolute Gasteiger partial charge is 0.373 e. The summed E-state index contributed by atoms with van der Waals surface area (Å²) in [5.74, 6) is 0.333. The highest BCUT2D eigenvalue weighted by atomic mass is 35.5. The van der Waals surface area contributed by atoms with E-state index in [4.69, 9.17) is 11.6 Å². The van der Waals surface area contributed by atoms with Gasteiger partial charge in [0.05, 0.1) is 29.2 Å². The lowest BCUT2D eigenvalue weighted by Crippen LogP contribution is -2.23. The Morgan fingerprint density at radius 3 is 3.00 bits per heavy atom. The number of aromatic nitrogens is 3. The molecule has 2 aromatic heterocycles. The highest BCUT2D eigenvalue weighted by Crippen LogP contribution is 2.17. The highest BCUT2D eigenvalue weighted by molar-refractivity contribution is 6.33. The van der Waals surface area contributed by atoms with Gasteiger partial charge in [0.1, 0.15) is 5.82 Å². The van der Waals surface area contributed by atoms with Crippen LogP contribution in [0.3, 0.4) is 0 Å². The molecule has 0 aliphatic carbocycles. The number of carbonyl (C=O) groups excluding carboxylic acids is 1. The summed E-state index contributed by atoms with van der Waals surface area (Å²) in [6.45, 7) is 0.367. The second-order valence-corrected chi connectivity index (χ2v) is 3.97. The molecule has 0 bridgehead atoms. The zero-order chi connectivity index (χ0) is 13.0. The van der Waals surface area contributed by atoms with Crippen molar-refractivity contribution in [3.05, 3.63) is 41.1 Å². The number of amides is 1. The maximum Gasteiger partial charge on any atom is 0.253 e. The number of anilines is 1. The van der Waals surface area contributed by atoms with Crippen LogP contribution in [0.2, 0.25) is 5.02 Å². The van der Waals surface area contributed by atoms with E-state index in [1.807, 2.05) is 0 Å². The van der Waals surface area contributed by atoms with Crippen LogP contribution in [-0.4, -0.2) is 27.9 Å². The summed E-state index contributed by atoms with van der Waals surface area (Å²) in [7, 11) is 1.72. The zero-order valence-corrected chi connectivity index (χ0v) is 10.5. The summed E-state index contributed by atoms with van der Waals surface area (Å²) in [6, 6.07) is 1.60. The Morgan fingerprint density at radius 1 is 1.50 bits per heavy atom. The number of halogens is 1. The Morgan fingerprint density at radius 2 is 2.33 bits per heavy atom. The van der Waals surface area contributed by atoms with Crippen LogP contribution in [0.15, 0.2) is 24.8 Å². The number of nitrogens with one attached hydrogen (secondary N) is 3. The predicted octanol–water partition coefficient (Wildman–Crippen LogP) is 1.43. The number of rotatable bonds is 4. The topological polar surface area (TPSA) is 82.7 Å².